The summed E-state index contributed by atoms with van der Waals surface area (Å²) in [5.74, 6) is -1.23. The number of aliphatic carboxylic acids is 1. The molecule has 3 N–H and O–H groups in total. The van der Waals surface area contributed by atoms with E-state index in [-0.39, 0.29) is 31.2 Å². The normalized spacial score (nSPS) is 10.0. The average molecular weight is 306 g/mol. The predicted molar refractivity (Wildman–Crippen MR) is 82.3 cm³/mol. The highest BCUT2D eigenvalue weighted by molar-refractivity contribution is 5.85. The number of carbonyl (C=O) groups is 3. The Hall–Kier alpha value is -2.37. The highest BCUT2D eigenvalue weighted by Crippen LogP contribution is 1.99. The number of carboxylic acid groups (broad SMARTS) is 1. The van der Waals surface area contributed by atoms with E-state index < -0.39 is 5.97 Å². The van der Waals surface area contributed by atoms with Crippen molar-refractivity contribution in [2.45, 2.75) is 32.1 Å². The van der Waals surface area contributed by atoms with Gasteiger partial charge in [-0.1, -0.05) is 36.8 Å². The number of nitrogens with one attached hydrogen (secondary N) is 2. The Morgan fingerprint density at radius 1 is 0.909 bits per heavy atom. The van der Waals surface area contributed by atoms with Crippen LogP contribution in [0.4, 0.5) is 0 Å². The van der Waals surface area contributed by atoms with Crippen molar-refractivity contribution in [3.8, 4) is 0 Å². The summed E-state index contributed by atoms with van der Waals surface area (Å²) < 4.78 is 0. The molecule has 0 spiro atoms. The maximum atomic E-state index is 11.6. The molecule has 0 bridgehead atoms. The minimum Gasteiger partial charge on any atom is -0.481 e. The number of unbranched alkanes of at least 4 members (excludes halogenated alkanes) is 2. The Bertz CT molecular complexity index is 488. The molecule has 22 heavy (non-hydrogen) atoms. The van der Waals surface area contributed by atoms with Gasteiger partial charge in [0.15, 0.2) is 0 Å². The minimum absolute atomic E-state index is 0.0409. The molecule has 6 nitrogen and oxygen atoms in total. The van der Waals surface area contributed by atoms with E-state index in [1.165, 1.54) is 0 Å². The lowest BCUT2D eigenvalue weighted by molar-refractivity contribution is -0.137. The first-order chi connectivity index (χ1) is 10.6. The molecule has 0 fully saturated rings. The standard InChI is InChI=1S/C16H22N2O4/c19-14(11-13-7-3-1-4-8-13)18-12-15(20)17-10-6-2-5-9-16(21)22/h1,3-4,7-8H,2,5-6,9-12H2,(H,17,20)(H,18,19)(H,21,22). The van der Waals surface area contributed by atoms with Crippen LogP contribution < -0.4 is 10.6 Å². The summed E-state index contributed by atoms with van der Waals surface area (Å²) in [6.07, 6.45) is 2.51. The zero-order valence-corrected chi connectivity index (χ0v) is 12.5. The maximum absolute atomic E-state index is 11.6. The number of carboxylic acids is 1. The molecule has 2 amide bonds. The maximum Gasteiger partial charge on any atom is 0.303 e. The topological polar surface area (TPSA) is 95.5 Å². The van der Waals surface area contributed by atoms with Crippen molar-refractivity contribution < 1.29 is 19.5 Å². The molecule has 0 heterocycles. The van der Waals surface area contributed by atoms with Crippen LogP contribution in [-0.4, -0.2) is 36.0 Å². The first-order valence-electron chi connectivity index (χ1n) is 7.37. The van der Waals surface area contributed by atoms with Crippen LogP contribution in [0.2, 0.25) is 0 Å². The lowest BCUT2D eigenvalue weighted by atomic mass is 10.1. The first kappa shape index (κ1) is 17.7. The van der Waals surface area contributed by atoms with Crippen molar-refractivity contribution in [2.24, 2.45) is 0 Å². The molecule has 1 aromatic rings. The summed E-state index contributed by atoms with van der Waals surface area (Å²) in [7, 11) is 0. The summed E-state index contributed by atoms with van der Waals surface area (Å²) in [5, 5.41) is 13.7. The van der Waals surface area contributed by atoms with Crippen LogP contribution in [0.15, 0.2) is 30.3 Å². The lowest BCUT2D eigenvalue weighted by Crippen LogP contribution is -2.37. The third-order valence-electron chi connectivity index (χ3n) is 3.04. The molecule has 0 unspecified atom stereocenters. The van der Waals surface area contributed by atoms with Gasteiger partial charge in [0.1, 0.15) is 0 Å². The fourth-order valence-corrected chi connectivity index (χ4v) is 1.89. The van der Waals surface area contributed by atoms with E-state index in [1.54, 1.807) is 0 Å². The van der Waals surface area contributed by atoms with Crippen molar-refractivity contribution in [3.05, 3.63) is 35.9 Å². The summed E-state index contributed by atoms with van der Waals surface area (Å²) in [6, 6.07) is 9.32. The molecule has 6 heteroatoms. The molecule has 0 radical (unpaired) electrons. The summed E-state index contributed by atoms with van der Waals surface area (Å²) >= 11 is 0. The molecule has 0 aliphatic rings. The van der Waals surface area contributed by atoms with Gasteiger partial charge >= 0.3 is 5.97 Å². The smallest absolute Gasteiger partial charge is 0.303 e. The van der Waals surface area contributed by atoms with E-state index in [9.17, 15) is 14.4 Å². The molecule has 1 rings (SSSR count). The molecule has 0 aromatic heterocycles. The molecular formula is C16H22N2O4. The Balaban J connectivity index is 2.05. The molecular weight excluding hydrogens is 284 g/mol. The second kappa shape index (κ2) is 10.4. The second-order valence-corrected chi connectivity index (χ2v) is 4.99. The van der Waals surface area contributed by atoms with Gasteiger partial charge in [0, 0.05) is 13.0 Å². The van der Waals surface area contributed by atoms with Crippen LogP contribution in [0.3, 0.4) is 0 Å². The van der Waals surface area contributed by atoms with Crippen LogP contribution in [0.5, 0.6) is 0 Å². The molecule has 0 aliphatic heterocycles. The lowest BCUT2D eigenvalue weighted by Gasteiger charge is -2.07. The molecule has 0 atom stereocenters. The van der Waals surface area contributed by atoms with Gasteiger partial charge in [-0.2, -0.15) is 0 Å². The SMILES string of the molecule is O=C(O)CCCCCNC(=O)CNC(=O)Cc1ccccc1. The van der Waals surface area contributed by atoms with E-state index in [2.05, 4.69) is 10.6 Å². The van der Waals surface area contributed by atoms with E-state index in [0.717, 1.165) is 18.4 Å². The fourth-order valence-electron chi connectivity index (χ4n) is 1.89. The van der Waals surface area contributed by atoms with Gasteiger partial charge in [-0.3, -0.25) is 14.4 Å². The summed E-state index contributed by atoms with van der Waals surface area (Å²) in [6.45, 7) is 0.452. The van der Waals surface area contributed by atoms with E-state index in [0.29, 0.717) is 13.0 Å². The third kappa shape index (κ3) is 8.73. The molecule has 1 aromatic carbocycles. The van der Waals surface area contributed by atoms with Gasteiger partial charge in [0.2, 0.25) is 11.8 Å². The van der Waals surface area contributed by atoms with Crippen LogP contribution >= 0.6 is 0 Å². The number of amides is 2. The fraction of sp³-hybridized carbons (Fsp3) is 0.438. The Morgan fingerprint density at radius 2 is 1.64 bits per heavy atom. The van der Waals surface area contributed by atoms with Gasteiger partial charge in [-0.15, -0.1) is 0 Å². The summed E-state index contributed by atoms with van der Waals surface area (Å²) in [4.78, 5) is 33.5. The van der Waals surface area contributed by atoms with Crippen LogP contribution in [0.1, 0.15) is 31.2 Å². The number of hydrogen-bond acceptors (Lipinski definition) is 3. The average Bonchev–Trinajstić information content (AvgIpc) is 2.49. The molecule has 0 saturated heterocycles. The molecule has 120 valence electrons. The third-order valence-corrected chi connectivity index (χ3v) is 3.04. The highest BCUT2D eigenvalue weighted by atomic mass is 16.4. The van der Waals surface area contributed by atoms with Crippen molar-refractivity contribution in [1.29, 1.82) is 0 Å². The van der Waals surface area contributed by atoms with Gasteiger partial charge in [-0.25, -0.2) is 0 Å². The number of rotatable bonds is 10. The van der Waals surface area contributed by atoms with Crippen molar-refractivity contribution in [3.63, 3.8) is 0 Å². The monoisotopic (exact) mass is 306 g/mol. The second-order valence-electron chi connectivity index (χ2n) is 4.99. The summed E-state index contributed by atoms with van der Waals surface area (Å²) in [5.41, 5.74) is 0.902. The zero-order chi connectivity index (χ0) is 16.2. The Labute approximate surface area is 129 Å². The molecule has 0 aliphatic carbocycles. The van der Waals surface area contributed by atoms with Gasteiger partial charge in [-0.05, 0) is 18.4 Å². The number of benzene rings is 1. The van der Waals surface area contributed by atoms with Crippen LogP contribution in [0, 0.1) is 0 Å². The number of carbonyl (C=O) groups excluding carboxylic acids is 2. The zero-order valence-electron chi connectivity index (χ0n) is 12.5. The van der Waals surface area contributed by atoms with Crippen LogP contribution in [-0.2, 0) is 20.8 Å². The number of hydrogen-bond donors (Lipinski definition) is 3. The van der Waals surface area contributed by atoms with Crippen molar-refractivity contribution >= 4 is 17.8 Å². The predicted octanol–water partition coefficient (Wildman–Crippen LogP) is 1.11. The van der Waals surface area contributed by atoms with Crippen molar-refractivity contribution in [2.75, 3.05) is 13.1 Å². The first-order valence-corrected chi connectivity index (χ1v) is 7.37. The van der Waals surface area contributed by atoms with Crippen LogP contribution in [0.25, 0.3) is 0 Å². The Kier molecular flexibility index (Phi) is 8.33. The van der Waals surface area contributed by atoms with E-state index >= 15 is 0 Å². The van der Waals surface area contributed by atoms with E-state index in [1.807, 2.05) is 30.3 Å². The van der Waals surface area contributed by atoms with Gasteiger partial charge in [0.25, 0.3) is 0 Å². The largest absolute Gasteiger partial charge is 0.481 e. The van der Waals surface area contributed by atoms with Crippen molar-refractivity contribution in [1.82, 2.24) is 10.6 Å². The minimum atomic E-state index is -0.801. The van der Waals surface area contributed by atoms with Gasteiger partial charge < -0.3 is 15.7 Å². The van der Waals surface area contributed by atoms with Gasteiger partial charge in [0.05, 0.1) is 13.0 Å². The Morgan fingerprint density at radius 3 is 2.32 bits per heavy atom. The highest BCUT2D eigenvalue weighted by Gasteiger charge is 2.06. The van der Waals surface area contributed by atoms with E-state index in [4.69, 9.17) is 5.11 Å². The quantitative estimate of drug-likeness (QED) is 0.564. The molecule has 0 saturated carbocycles.